The van der Waals surface area contributed by atoms with Gasteiger partial charge < -0.3 is 0 Å². The first-order valence-corrected chi connectivity index (χ1v) is 5.65. The maximum absolute atomic E-state index is 2.04. The van der Waals surface area contributed by atoms with E-state index in [1.807, 2.05) is 81.3 Å². The summed E-state index contributed by atoms with van der Waals surface area (Å²) in [6.45, 7) is 0. The zero-order chi connectivity index (χ0) is 10.3. The fourth-order valence-electron chi connectivity index (χ4n) is 1.19. The van der Waals surface area contributed by atoms with Gasteiger partial charge in [-0.2, -0.15) is 11.3 Å². The predicted molar refractivity (Wildman–Crippen MR) is 64.0 cm³/mol. The molecule has 0 saturated carbocycles. The number of nitrogens with zero attached hydrogens (tertiary/aromatic N) is 2. The van der Waals surface area contributed by atoms with Crippen molar-refractivity contribution in [3.63, 3.8) is 0 Å². The van der Waals surface area contributed by atoms with Crippen LogP contribution in [0.2, 0.25) is 0 Å². The molecular formula is C12H12N2S. The summed E-state index contributed by atoms with van der Waals surface area (Å²) in [5.41, 5.74) is 0. The van der Waals surface area contributed by atoms with E-state index >= 15 is 0 Å². The van der Waals surface area contributed by atoms with Crippen LogP contribution in [0.5, 0.6) is 0 Å². The molecule has 3 heteroatoms. The summed E-state index contributed by atoms with van der Waals surface area (Å²) >= 11 is 1.71. The fraction of sp³-hybridized carbons (Fsp3) is 0. The number of aromatic nitrogens is 2. The number of rotatable bonds is 1. The van der Waals surface area contributed by atoms with E-state index in [0.29, 0.717) is 0 Å². The van der Waals surface area contributed by atoms with Gasteiger partial charge in [-0.15, -0.1) is 0 Å². The van der Waals surface area contributed by atoms with Crippen molar-refractivity contribution >= 4 is 11.3 Å². The molecule has 0 atom stereocenters. The molecule has 0 N–H and O–H groups in total. The van der Waals surface area contributed by atoms with Crippen LogP contribution in [-0.4, -0.2) is 9.35 Å². The predicted octanol–water partition coefficient (Wildman–Crippen LogP) is 3.35. The van der Waals surface area contributed by atoms with Crippen molar-refractivity contribution in [1.82, 2.24) is 9.35 Å². The molecule has 0 aliphatic carbocycles. The SMILES string of the molecule is c1ccn(-n2cccc2)c1.c1ccsc1. The summed E-state index contributed by atoms with van der Waals surface area (Å²) in [5, 5.41) is 4.08. The van der Waals surface area contributed by atoms with Crippen LogP contribution in [0.1, 0.15) is 0 Å². The van der Waals surface area contributed by atoms with Crippen LogP contribution in [0.25, 0.3) is 0 Å². The lowest BCUT2D eigenvalue weighted by Gasteiger charge is -2.01. The van der Waals surface area contributed by atoms with E-state index in [9.17, 15) is 0 Å². The molecule has 15 heavy (non-hydrogen) atoms. The van der Waals surface area contributed by atoms with E-state index in [2.05, 4.69) is 0 Å². The summed E-state index contributed by atoms with van der Waals surface area (Å²) in [6.07, 6.45) is 8.00. The second-order valence-corrected chi connectivity index (χ2v) is 3.74. The van der Waals surface area contributed by atoms with Crippen LogP contribution in [0, 0.1) is 0 Å². The first-order valence-electron chi connectivity index (χ1n) is 4.70. The monoisotopic (exact) mass is 216 g/mol. The van der Waals surface area contributed by atoms with Crippen LogP contribution in [0.3, 0.4) is 0 Å². The Labute approximate surface area is 93.0 Å². The van der Waals surface area contributed by atoms with Gasteiger partial charge >= 0.3 is 0 Å². The van der Waals surface area contributed by atoms with E-state index in [-0.39, 0.29) is 0 Å². The lowest BCUT2D eigenvalue weighted by atomic mass is 10.7. The van der Waals surface area contributed by atoms with Crippen LogP contribution >= 0.6 is 11.3 Å². The molecule has 0 radical (unpaired) electrons. The van der Waals surface area contributed by atoms with E-state index < -0.39 is 0 Å². The number of thiophene rings is 1. The molecule has 0 aliphatic rings. The highest BCUT2D eigenvalue weighted by molar-refractivity contribution is 7.07. The Morgan fingerprint density at radius 1 is 0.533 bits per heavy atom. The summed E-state index contributed by atoms with van der Waals surface area (Å²) in [4.78, 5) is 0. The van der Waals surface area contributed by atoms with Gasteiger partial charge in [0.25, 0.3) is 0 Å². The van der Waals surface area contributed by atoms with E-state index in [1.54, 1.807) is 11.3 Å². The third kappa shape index (κ3) is 2.86. The normalized spacial score (nSPS) is 9.33. The maximum atomic E-state index is 2.04. The molecule has 0 aromatic carbocycles. The van der Waals surface area contributed by atoms with Crippen LogP contribution in [0.15, 0.2) is 71.9 Å². The fourth-order valence-corrected chi connectivity index (χ4v) is 1.64. The first kappa shape index (κ1) is 9.80. The van der Waals surface area contributed by atoms with E-state index in [1.165, 1.54) is 0 Å². The summed E-state index contributed by atoms with van der Waals surface area (Å²) in [7, 11) is 0. The lowest BCUT2D eigenvalue weighted by Crippen LogP contribution is -2.01. The molecule has 0 saturated heterocycles. The standard InChI is InChI=1S/C8H8N2.C4H4S/c1-2-6-9(5-1)10-7-3-4-8-10;1-2-4-5-3-1/h1-8H;1-4H. The first-order chi connectivity index (χ1) is 7.47. The van der Waals surface area contributed by atoms with Crippen molar-refractivity contribution in [3.8, 4) is 0 Å². The molecule has 0 amide bonds. The molecule has 3 aromatic rings. The van der Waals surface area contributed by atoms with Gasteiger partial charge in [0.1, 0.15) is 0 Å². The second-order valence-electron chi connectivity index (χ2n) is 2.92. The van der Waals surface area contributed by atoms with Gasteiger partial charge in [-0.25, -0.2) is 0 Å². The zero-order valence-corrected chi connectivity index (χ0v) is 9.05. The van der Waals surface area contributed by atoms with E-state index in [4.69, 9.17) is 0 Å². The molecular weight excluding hydrogens is 204 g/mol. The average molecular weight is 216 g/mol. The van der Waals surface area contributed by atoms with Gasteiger partial charge in [-0.05, 0) is 35.0 Å². The van der Waals surface area contributed by atoms with Crippen LogP contribution < -0.4 is 0 Å². The Bertz CT molecular complexity index is 388. The van der Waals surface area contributed by atoms with Crippen molar-refractivity contribution in [2.45, 2.75) is 0 Å². The maximum Gasteiger partial charge on any atom is 0.0268 e. The van der Waals surface area contributed by atoms with Crippen LogP contribution in [-0.2, 0) is 0 Å². The third-order valence-corrected chi connectivity index (χ3v) is 2.50. The molecule has 3 heterocycles. The van der Waals surface area contributed by atoms with Gasteiger partial charge in [0, 0.05) is 24.8 Å². The van der Waals surface area contributed by atoms with E-state index in [0.717, 1.165) is 0 Å². The minimum Gasteiger partial charge on any atom is -0.265 e. The number of hydrogen-bond acceptors (Lipinski definition) is 1. The smallest absolute Gasteiger partial charge is 0.0268 e. The minimum atomic E-state index is 1.71. The van der Waals surface area contributed by atoms with Crippen molar-refractivity contribution in [1.29, 1.82) is 0 Å². The second kappa shape index (κ2) is 5.22. The van der Waals surface area contributed by atoms with Crippen LogP contribution in [0.4, 0.5) is 0 Å². The van der Waals surface area contributed by atoms with Crippen molar-refractivity contribution in [3.05, 3.63) is 71.9 Å². The summed E-state index contributed by atoms with van der Waals surface area (Å²) in [5.74, 6) is 0. The minimum absolute atomic E-state index is 1.71. The van der Waals surface area contributed by atoms with Gasteiger partial charge in [0.05, 0.1) is 0 Å². The molecule has 3 rings (SSSR count). The highest BCUT2D eigenvalue weighted by Crippen LogP contribution is 1.93. The Hall–Kier alpha value is -1.74. The quantitative estimate of drug-likeness (QED) is 0.590. The largest absolute Gasteiger partial charge is 0.265 e. The highest BCUT2D eigenvalue weighted by Gasteiger charge is 1.85. The molecule has 2 nitrogen and oxygen atoms in total. The summed E-state index contributed by atoms with van der Waals surface area (Å²) in [6, 6.07) is 12.0. The van der Waals surface area contributed by atoms with Crippen molar-refractivity contribution in [2.24, 2.45) is 0 Å². The summed E-state index contributed by atoms with van der Waals surface area (Å²) < 4.78 is 4.00. The Morgan fingerprint density at radius 2 is 0.933 bits per heavy atom. The number of hydrogen-bond donors (Lipinski definition) is 0. The van der Waals surface area contributed by atoms with Crippen molar-refractivity contribution in [2.75, 3.05) is 0 Å². The van der Waals surface area contributed by atoms with Gasteiger partial charge in [0.2, 0.25) is 0 Å². The Kier molecular flexibility index (Phi) is 3.41. The third-order valence-electron chi connectivity index (χ3n) is 1.87. The average Bonchev–Trinajstić information content (AvgIpc) is 3.06. The lowest BCUT2D eigenvalue weighted by molar-refractivity contribution is 0.668. The topological polar surface area (TPSA) is 9.86 Å². The molecule has 0 aliphatic heterocycles. The van der Waals surface area contributed by atoms with Gasteiger partial charge in [-0.1, -0.05) is 12.1 Å². The molecule has 0 unspecified atom stereocenters. The molecule has 3 aromatic heterocycles. The highest BCUT2D eigenvalue weighted by atomic mass is 32.1. The van der Waals surface area contributed by atoms with Gasteiger partial charge in [0.15, 0.2) is 0 Å². The Balaban J connectivity index is 0.000000144. The molecule has 0 bridgehead atoms. The molecule has 0 spiro atoms. The Morgan fingerprint density at radius 3 is 1.20 bits per heavy atom. The molecule has 76 valence electrons. The van der Waals surface area contributed by atoms with Crippen molar-refractivity contribution < 1.29 is 0 Å². The molecule has 0 fully saturated rings. The zero-order valence-electron chi connectivity index (χ0n) is 8.23. The van der Waals surface area contributed by atoms with Gasteiger partial charge in [-0.3, -0.25) is 9.35 Å².